The number of fused-ring (bicyclic) bond motifs is 1. The number of carbonyl (C=O) groups is 1. The Hall–Kier alpha value is -4.18. The summed E-state index contributed by atoms with van der Waals surface area (Å²) in [4.78, 5) is 12.5. The van der Waals surface area contributed by atoms with E-state index in [0.717, 1.165) is 22.9 Å². The van der Waals surface area contributed by atoms with Crippen LogP contribution >= 0.6 is 11.8 Å². The van der Waals surface area contributed by atoms with E-state index in [0.29, 0.717) is 41.1 Å². The lowest BCUT2D eigenvalue weighted by molar-refractivity contribution is -0.115. The second kappa shape index (κ2) is 11.0. The summed E-state index contributed by atoms with van der Waals surface area (Å²) in [6, 6.07) is 23.0. The quantitative estimate of drug-likeness (QED) is 0.300. The Balaban J connectivity index is 1.24. The Labute approximate surface area is 212 Å². The zero-order valence-electron chi connectivity index (χ0n) is 19.6. The van der Waals surface area contributed by atoms with Crippen molar-refractivity contribution in [3.63, 3.8) is 0 Å². The van der Waals surface area contributed by atoms with Crippen LogP contribution in [0.3, 0.4) is 0 Å². The molecule has 0 radical (unpaired) electrons. The molecule has 4 aromatic rings. The highest BCUT2D eigenvalue weighted by Crippen LogP contribution is 2.34. The van der Waals surface area contributed by atoms with Gasteiger partial charge in [0, 0.05) is 29.6 Å². The van der Waals surface area contributed by atoms with E-state index >= 15 is 0 Å². The largest absolute Gasteiger partial charge is 0.495 e. The van der Waals surface area contributed by atoms with Gasteiger partial charge in [-0.2, -0.15) is 0 Å². The van der Waals surface area contributed by atoms with E-state index in [1.807, 2.05) is 59.2 Å². The van der Waals surface area contributed by atoms with Crippen molar-refractivity contribution in [2.45, 2.75) is 18.1 Å². The number of hydrogen-bond donors (Lipinski definition) is 2. The molecule has 0 unspecified atom stereocenters. The van der Waals surface area contributed by atoms with Crippen LogP contribution in [0, 0.1) is 0 Å². The van der Waals surface area contributed by atoms with Gasteiger partial charge in [0.15, 0.2) is 22.5 Å². The lowest BCUT2D eigenvalue weighted by Crippen LogP contribution is -2.12. The summed E-state index contributed by atoms with van der Waals surface area (Å²) < 4.78 is 18.1. The maximum Gasteiger partial charge on any atom is 0.231 e. The predicted molar refractivity (Wildman–Crippen MR) is 138 cm³/mol. The number of para-hydroxylation sites is 3. The molecule has 0 spiro atoms. The van der Waals surface area contributed by atoms with E-state index in [1.165, 1.54) is 11.8 Å². The lowest BCUT2D eigenvalue weighted by Gasteiger charge is -2.13. The van der Waals surface area contributed by atoms with Gasteiger partial charge >= 0.3 is 0 Å². The van der Waals surface area contributed by atoms with Crippen LogP contribution in [0.2, 0.25) is 0 Å². The molecule has 1 aromatic heterocycles. The fourth-order valence-electron chi connectivity index (χ4n) is 3.74. The highest BCUT2D eigenvalue weighted by atomic mass is 32.2. The van der Waals surface area contributed by atoms with Gasteiger partial charge in [-0.1, -0.05) is 42.1 Å². The maximum absolute atomic E-state index is 12.5. The van der Waals surface area contributed by atoms with Gasteiger partial charge in [-0.15, -0.1) is 10.2 Å². The molecule has 2 heterocycles. The van der Waals surface area contributed by atoms with Gasteiger partial charge in [-0.05, 0) is 36.4 Å². The van der Waals surface area contributed by atoms with Crippen molar-refractivity contribution in [3.05, 3.63) is 78.6 Å². The highest BCUT2D eigenvalue weighted by Gasteiger charge is 2.17. The zero-order valence-corrected chi connectivity index (χ0v) is 20.5. The molecule has 10 heteroatoms. The molecule has 0 saturated carbocycles. The SMILES string of the molecule is COc1ccccc1NCc1nnc(SCCC(=O)Nc2ccc3c(c2)OCO3)n1-c1ccccc1. The van der Waals surface area contributed by atoms with Crippen LogP contribution < -0.4 is 24.8 Å². The van der Waals surface area contributed by atoms with Crippen LogP contribution in [0.4, 0.5) is 11.4 Å². The van der Waals surface area contributed by atoms with Gasteiger partial charge in [0.25, 0.3) is 0 Å². The molecule has 1 aliphatic rings. The van der Waals surface area contributed by atoms with E-state index in [2.05, 4.69) is 20.8 Å². The Bertz CT molecular complexity index is 1350. The lowest BCUT2D eigenvalue weighted by atomic mass is 10.2. The summed E-state index contributed by atoms with van der Waals surface area (Å²) in [5, 5.41) is 15.8. The molecule has 0 fully saturated rings. The number of carbonyl (C=O) groups excluding carboxylic acids is 1. The van der Waals surface area contributed by atoms with Crippen LogP contribution in [-0.4, -0.2) is 40.3 Å². The number of aromatic nitrogens is 3. The van der Waals surface area contributed by atoms with Gasteiger partial charge in [0.05, 0.1) is 19.3 Å². The standard InChI is InChI=1S/C26H25N5O4S/c1-33-21-10-6-5-9-20(21)27-16-24-29-30-26(31(24)19-7-3-2-4-8-19)36-14-13-25(32)28-18-11-12-22-23(15-18)35-17-34-22/h2-12,15,27H,13-14,16-17H2,1H3,(H,28,32). The first-order valence-corrected chi connectivity index (χ1v) is 12.4. The third kappa shape index (κ3) is 5.38. The Morgan fingerprint density at radius 3 is 2.69 bits per heavy atom. The summed E-state index contributed by atoms with van der Waals surface area (Å²) in [5.41, 5.74) is 2.50. The number of methoxy groups -OCH3 is 1. The van der Waals surface area contributed by atoms with Gasteiger partial charge in [-0.3, -0.25) is 9.36 Å². The van der Waals surface area contributed by atoms with Crippen molar-refractivity contribution in [3.8, 4) is 22.9 Å². The third-order valence-corrected chi connectivity index (χ3v) is 6.41. The van der Waals surface area contributed by atoms with Crippen molar-refractivity contribution in [2.75, 3.05) is 30.3 Å². The molecule has 3 aromatic carbocycles. The maximum atomic E-state index is 12.5. The fraction of sp³-hybridized carbons (Fsp3) is 0.192. The average Bonchev–Trinajstić information content (AvgIpc) is 3.54. The smallest absolute Gasteiger partial charge is 0.231 e. The van der Waals surface area contributed by atoms with Gasteiger partial charge in [-0.25, -0.2) is 0 Å². The number of nitrogens with one attached hydrogen (secondary N) is 2. The summed E-state index contributed by atoms with van der Waals surface area (Å²) in [6.45, 7) is 0.648. The minimum absolute atomic E-state index is 0.0924. The number of thioether (sulfide) groups is 1. The zero-order chi connectivity index (χ0) is 24.7. The number of ether oxygens (including phenoxy) is 3. The van der Waals surface area contributed by atoms with Crippen LogP contribution in [0.5, 0.6) is 17.2 Å². The minimum Gasteiger partial charge on any atom is -0.495 e. The Kier molecular flexibility index (Phi) is 7.23. The van der Waals surface area contributed by atoms with E-state index < -0.39 is 0 Å². The molecule has 2 N–H and O–H groups in total. The van der Waals surface area contributed by atoms with Gasteiger partial charge < -0.3 is 24.8 Å². The molecule has 1 aliphatic heterocycles. The van der Waals surface area contributed by atoms with Crippen molar-refractivity contribution in [2.24, 2.45) is 0 Å². The van der Waals surface area contributed by atoms with Gasteiger partial charge in [0.1, 0.15) is 5.75 Å². The number of hydrogen-bond acceptors (Lipinski definition) is 8. The van der Waals surface area contributed by atoms with Crippen molar-refractivity contribution < 1.29 is 19.0 Å². The summed E-state index contributed by atoms with van der Waals surface area (Å²) in [5.74, 6) is 3.27. The topological polar surface area (TPSA) is 99.5 Å². The van der Waals surface area contributed by atoms with E-state index in [1.54, 1.807) is 25.3 Å². The number of benzene rings is 3. The van der Waals surface area contributed by atoms with Crippen LogP contribution in [0.1, 0.15) is 12.2 Å². The second-order valence-corrected chi connectivity index (χ2v) is 8.90. The molecule has 0 bridgehead atoms. The number of anilines is 2. The molecule has 0 saturated heterocycles. The molecule has 36 heavy (non-hydrogen) atoms. The van der Waals surface area contributed by atoms with Crippen molar-refractivity contribution >= 4 is 29.0 Å². The van der Waals surface area contributed by atoms with E-state index in [4.69, 9.17) is 14.2 Å². The van der Waals surface area contributed by atoms with Crippen LogP contribution in [0.15, 0.2) is 78.0 Å². The van der Waals surface area contributed by atoms with Gasteiger partial charge in [0.2, 0.25) is 12.7 Å². The second-order valence-electron chi connectivity index (χ2n) is 7.84. The number of nitrogens with zero attached hydrogens (tertiary/aromatic N) is 3. The number of rotatable bonds is 10. The molecule has 9 nitrogen and oxygen atoms in total. The summed E-state index contributed by atoms with van der Waals surface area (Å²) in [7, 11) is 1.64. The highest BCUT2D eigenvalue weighted by molar-refractivity contribution is 7.99. The minimum atomic E-state index is -0.0924. The molecular weight excluding hydrogens is 478 g/mol. The fourth-order valence-corrected chi connectivity index (χ4v) is 4.65. The van der Waals surface area contributed by atoms with Crippen LogP contribution in [0.25, 0.3) is 5.69 Å². The predicted octanol–water partition coefficient (Wildman–Crippen LogP) is 4.74. The first-order valence-electron chi connectivity index (χ1n) is 11.4. The van der Waals surface area contributed by atoms with Crippen molar-refractivity contribution in [1.29, 1.82) is 0 Å². The summed E-state index contributed by atoms with van der Waals surface area (Å²) >= 11 is 1.48. The first-order chi connectivity index (χ1) is 17.7. The number of amides is 1. The summed E-state index contributed by atoms with van der Waals surface area (Å²) in [6.07, 6.45) is 0.315. The average molecular weight is 504 g/mol. The van der Waals surface area contributed by atoms with E-state index in [9.17, 15) is 4.79 Å². The molecule has 0 atom stereocenters. The molecular formula is C26H25N5O4S. The Morgan fingerprint density at radius 2 is 1.83 bits per heavy atom. The van der Waals surface area contributed by atoms with E-state index in [-0.39, 0.29) is 12.7 Å². The monoisotopic (exact) mass is 503 g/mol. The molecule has 1 amide bonds. The molecule has 0 aliphatic carbocycles. The van der Waals surface area contributed by atoms with Crippen LogP contribution in [-0.2, 0) is 11.3 Å². The third-order valence-electron chi connectivity index (χ3n) is 5.48. The normalized spacial score (nSPS) is 11.8. The molecule has 5 rings (SSSR count). The Morgan fingerprint density at radius 1 is 1.03 bits per heavy atom. The first kappa shape index (κ1) is 23.6. The van der Waals surface area contributed by atoms with Crippen molar-refractivity contribution in [1.82, 2.24) is 14.8 Å². The molecule has 184 valence electrons.